The van der Waals surface area contributed by atoms with E-state index < -0.39 is 0 Å². The second-order valence-electron chi connectivity index (χ2n) is 4.50. The summed E-state index contributed by atoms with van der Waals surface area (Å²) in [6, 6.07) is 16.3. The second kappa shape index (κ2) is 7.60. The Kier molecular flexibility index (Phi) is 5.27. The van der Waals surface area contributed by atoms with E-state index in [0.29, 0.717) is 16.9 Å². The van der Waals surface area contributed by atoms with Crippen molar-refractivity contribution in [1.29, 1.82) is 5.26 Å². The maximum atomic E-state index is 12.0. The first-order valence-electron chi connectivity index (χ1n) is 6.70. The van der Waals surface area contributed by atoms with Crippen LogP contribution in [0.1, 0.15) is 21.5 Å². The van der Waals surface area contributed by atoms with Crippen molar-refractivity contribution in [3.05, 3.63) is 65.2 Å². The summed E-state index contributed by atoms with van der Waals surface area (Å²) in [4.78, 5) is 12.0. The summed E-state index contributed by atoms with van der Waals surface area (Å²) in [7, 11) is 0. The molecule has 1 amide bonds. The molecule has 22 heavy (non-hydrogen) atoms. The standard InChI is InChI=1S/C17H15N3O2/c1-13-6-2-4-8-15(13)17(21)20-19-12-14-7-3-5-9-16(14)22-11-10-18/h2-9,12H,11H2,1H3,(H,20,21). The van der Waals surface area contributed by atoms with Gasteiger partial charge in [-0.25, -0.2) is 5.43 Å². The number of rotatable bonds is 5. The van der Waals surface area contributed by atoms with Crippen molar-refractivity contribution in [2.45, 2.75) is 6.92 Å². The number of aryl methyl sites for hydroxylation is 1. The largest absolute Gasteiger partial charge is 0.478 e. The molecule has 2 aromatic carbocycles. The first-order valence-corrected chi connectivity index (χ1v) is 6.70. The Morgan fingerprint density at radius 1 is 1.27 bits per heavy atom. The first-order chi connectivity index (χ1) is 10.7. The van der Waals surface area contributed by atoms with Gasteiger partial charge in [-0.05, 0) is 30.7 Å². The van der Waals surface area contributed by atoms with Gasteiger partial charge in [0.1, 0.15) is 11.8 Å². The van der Waals surface area contributed by atoms with E-state index in [4.69, 9.17) is 10.00 Å². The van der Waals surface area contributed by atoms with E-state index in [0.717, 1.165) is 5.56 Å². The molecule has 0 aliphatic rings. The van der Waals surface area contributed by atoms with E-state index in [1.54, 1.807) is 30.3 Å². The monoisotopic (exact) mass is 293 g/mol. The highest BCUT2D eigenvalue weighted by Gasteiger charge is 2.06. The van der Waals surface area contributed by atoms with Gasteiger partial charge >= 0.3 is 0 Å². The zero-order valence-corrected chi connectivity index (χ0v) is 12.1. The Morgan fingerprint density at radius 2 is 2.00 bits per heavy atom. The van der Waals surface area contributed by atoms with E-state index in [-0.39, 0.29) is 12.5 Å². The number of nitriles is 1. The van der Waals surface area contributed by atoms with Gasteiger partial charge in [-0.1, -0.05) is 30.3 Å². The van der Waals surface area contributed by atoms with Crippen molar-refractivity contribution in [3.63, 3.8) is 0 Å². The maximum Gasteiger partial charge on any atom is 0.271 e. The van der Waals surface area contributed by atoms with E-state index in [1.807, 2.05) is 31.2 Å². The molecule has 2 rings (SSSR count). The van der Waals surface area contributed by atoms with Crippen LogP contribution in [0.4, 0.5) is 0 Å². The number of carbonyl (C=O) groups is 1. The second-order valence-corrected chi connectivity index (χ2v) is 4.50. The summed E-state index contributed by atoms with van der Waals surface area (Å²) in [5, 5.41) is 12.5. The van der Waals surface area contributed by atoms with Crippen LogP contribution in [0.5, 0.6) is 5.75 Å². The van der Waals surface area contributed by atoms with Crippen molar-refractivity contribution in [3.8, 4) is 11.8 Å². The molecular formula is C17H15N3O2. The molecular weight excluding hydrogens is 278 g/mol. The molecule has 0 heterocycles. The van der Waals surface area contributed by atoms with Crippen LogP contribution in [0.25, 0.3) is 0 Å². The minimum absolute atomic E-state index is 0.0412. The summed E-state index contributed by atoms with van der Waals surface area (Å²) in [6.07, 6.45) is 1.49. The smallest absolute Gasteiger partial charge is 0.271 e. The van der Waals surface area contributed by atoms with Crippen LogP contribution in [-0.2, 0) is 0 Å². The molecule has 0 spiro atoms. The lowest BCUT2D eigenvalue weighted by atomic mass is 10.1. The van der Waals surface area contributed by atoms with Gasteiger partial charge in [0.2, 0.25) is 0 Å². The normalized spacial score (nSPS) is 10.2. The number of carbonyl (C=O) groups excluding carboxylic acids is 1. The van der Waals surface area contributed by atoms with Gasteiger partial charge in [0.15, 0.2) is 6.61 Å². The minimum Gasteiger partial charge on any atom is -0.478 e. The topological polar surface area (TPSA) is 74.5 Å². The van der Waals surface area contributed by atoms with E-state index in [2.05, 4.69) is 10.5 Å². The molecule has 0 aliphatic heterocycles. The van der Waals surface area contributed by atoms with Gasteiger partial charge in [0.05, 0.1) is 6.21 Å². The van der Waals surface area contributed by atoms with Crippen LogP contribution < -0.4 is 10.2 Å². The average molecular weight is 293 g/mol. The quantitative estimate of drug-likeness (QED) is 0.680. The molecule has 0 unspecified atom stereocenters. The third kappa shape index (κ3) is 3.93. The molecule has 0 fully saturated rings. The van der Waals surface area contributed by atoms with Crippen LogP contribution in [-0.4, -0.2) is 18.7 Å². The lowest BCUT2D eigenvalue weighted by Gasteiger charge is -2.05. The summed E-state index contributed by atoms with van der Waals surface area (Å²) >= 11 is 0. The van der Waals surface area contributed by atoms with Crippen molar-refractivity contribution >= 4 is 12.1 Å². The molecule has 0 saturated carbocycles. The van der Waals surface area contributed by atoms with Crippen LogP contribution in [0.2, 0.25) is 0 Å². The zero-order chi connectivity index (χ0) is 15.8. The molecule has 1 N–H and O–H groups in total. The van der Waals surface area contributed by atoms with Crippen LogP contribution in [0, 0.1) is 18.3 Å². The summed E-state index contributed by atoms with van der Waals surface area (Å²) in [6.45, 7) is 1.82. The molecule has 110 valence electrons. The van der Waals surface area contributed by atoms with Crippen LogP contribution >= 0.6 is 0 Å². The number of nitrogens with zero attached hydrogens (tertiary/aromatic N) is 2. The van der Waals surface area contributed by atoms with Crippen LogP contribution in [0.15, 0.2) is 53.6 Å². The molecule has 0 aliphatic carbocycles. The number of hydrogen-bond donors (Lipinski definition) is 1. The van der Waals surface area contributed by atoms with Gasteiger partial charge in [-0.3, -0.25) is 4.79 Å². The minimum atomic E-state index is -0.273. The fraction of sp³-hybridized carbons (Fsp3) is 0.118. The number of amides is 1. The summed E-state index contributed by atoms with van der Waals surface area (Å²) < 4.78 is 5.28. The van der Waals surface area contributed by atoms with Gasteiger partial charge in [-0.15, -0.1) is 0 Å². The molecule has 0 atom stereocenters. The number of hydrogen-bond acceptors (Lipinski definition) is 4. The number of ether oxygens (including phenoxy) is 1. The molecule has 0 aromatic heterocycles. The van der Waals surface area contributed by atoms with Crippen molar-refractivity contribution in [2.75, 3.05) is 6.61 Å². The van der Waals surface area contributed by atoms with Crippen molar-refractivity contribution in [2.24, 2.45) is 5.10 Å². The van der Waals surface area contributed by atoms with Crippen molar-refractivity contribution in [1.82, 2.24) is 5.43 Å². The molecule has 0 radical (unpaired) electrons. The predicted molar refractivity (Wildman–Crippen MR) is 83.8 cm³/mol. The molecule has 2 aromatic rings. The maximum absolute atomic E-state index is 12.0. The van der Waals surface area contributed by atoms with E-state index >= 15 is 0 Å². The predicted octanol–water partition coefficient (Wildman–Crippen LogP) is 2.66. The Morgan fingerprint density at radius 3 is 2.77 bits per heavy atom. The summed E-state index contributed by atoms with van der Waals surface area (Å²) in [5.74, 6) is 0.266. The molecule has 0 saturated heterocycles. The lowest BCUT2D eigenvalue weighted by molar-refractivity contribution is 0.0954. The van der Waals surface area contributed by atoms with Gasteiger partial charge in [0.25, 0.3) is 5.91 Å². The first kappa shape index (κ1) is 15.3. The highest BCUT2D eigenvalue weighted by atomic mass is 16.5. The number of para-hydroxylation sites is 1. The Bertz CT molecular complexity index is 733. The molecule has 5 nitrogen and oxygen atoms in total. The van der Waals surface area contributed by atoms with Crippen LogP contribution in [0.3, 0.4) is 0 Å². The number of hydrazone groups is 1. The Hall–Kier alpha value is -3.13. The third-order valence-corrected chi connectivity index (χ3v) is 2.97. The SMILES string of the molecule is Cc1ccccc1C(=O)NN=Cc1ccccc1OCC#N. The van der Waals surface area contributed by atoms with E-state index in [1.165, 1.54) is 6.21 Å². The van der Waals surface area contributed by atoms with Gasteiger partial charge < -0.3 is 4.74 Å². The lowest BCUT2D eigenvalue weighted by Crippen LogP contribution is -2.18. The molecule has 5 heteroatoms. The van der Waals surface area contributed by atoms with Gasteiger partial charge in [-0.2, -0.15) is 10.4 Å². The summed E-state index contributed by atoms with van der Waals surface area (Å²) in [5.41, 5.74) is 4.62. The Labute approximate surface area is 128 Å². The average Bonchev–Trinajstić information content (AvgIpc) is 2.54. The number of nitrogens with one attached hydrogen (secondary N) is 1. The fourth-order valence-electron chi connectivity index (χ4n) is 1.88. The van der Waals surface area contributed by atoms with Crippen molar-refractivity contribution < 1.29 is 9.53 Å². The van der Waals surface area contributed by atoms with E-state index in [9.17, 15) is 4.79 Å². The Balaban J connectivity index is 2.06. The fourth-order valence-corrected chi connectivity index (χ4v) is 1.88. The highest BCUT2D eigenvalue weighted by molar-refractivity contribution is 5.96. The van der Waals surface area contributed by atoms with Gasteiger partial charge in [0, 0.05) is 11.1 Å². The zero-order valence-electron chi connectivity index (χ0n) is 12.1. The molecule has 0 bridgehead atoms. The number of benzene rings is 2. The highest BCUT2D eigenvalue weighted by Crippen LogP contribution is 2.15. The third-order valence-electron chi connectivity index (χ3n) is 2.97.